The molecular formula is C32H32FN3O4. The molecule has 1 fully saturated rings. The lowest BCUT2D eigenvalue weighted by Crippen LogP contribution is -2.67. The summed E-state index contributed by atoms with van der Waals surface area (Å²) in [4.78, 5) is 34.9. The summed E-state index contributed by atoms with van der Waals surface area (Å²) in [5, 5.41) is 1.01. The highest BCUT2D eigenvalue weighted by Crippen LogP contribution is 2.50. The van der Waals surface area contributed by atoms with Crippen LogP contribution < -0.4 is 9.47 Å². The van der Waals surface area contributed by atoms with Gasteiger partial charge in [-0.15, -0.1) is 0 Å². The number of benzene rings is 3. The van der Waals surface area contributed by atoms with Crippen molar-refractivity contribution in [1.82, 2.24) is 14.8 Å². The van der Waals surface area contributed by atoms with Gasteiger partial charge in [0.2, 0.25) is 5.91 Å². The summed E-state index contributed by atoms with van der Waals surface area (Å²) in [6.45, 7) is 4.92. The number of hydrogen-bond acceptors (Lipinski definition) is 4. The number of piperazine rings is 1. The minimum absolute atomic E-state index is 0.00563. The molecule has 1 aromatic heterocycles. The first-order valence-corrected chi connectivity index (χ1v) is 13.6. The molecular weight excluding hydrogens is 509 g/mol. The Morgan fingerprint density at radius 3 is 2.58 bits per heavy atom. The lowest BCUT2D eigenvalue weighted by Gasteiger charge is -2.51. The average Bonchev–Trinajstić information content (AvgIpc) is 3.36. The van der Waals surface area contributed by atoms with Crippen molar-refractivity contribution in [1.29, 1.82) is 0 Å². The van der Waals surface area contributed by atoms with Crippen LogP contribution in [0.3, 0.4) is 0 Å². The molecule has 1 saturated heterocycles. The molecule has 1 unspecified atom stereocenters. The number of para-hydroxylation sites is 2. The number of nitrogens with one attached hydrogen (secondary N) is 1. The van der Waals surface area contributed by atoms with Crippen molar-refractivity contribution in [3.8, 4) is 11.5 Å². The van der Waals surface area contributed by atoms with Crippen LogP contribution in [0.5, 0.6) is 11.5 Å². The fourth-order valence-electron chi connectivity index (χ4n) is 6.32. The van der Waals surface area contributed by atoms with E-state index in [1.54, 1.807) is 29.0 Å². The van der Waals surface area contributed by atoms with Crippen LogP contribution in [0.25, 0.3) is 10.9 Å². The first-order valence-electron chi connectivity index (χ1n) is 13.6. The molecule has 1 N–H and O–H groups in total. The third-order valence-corrected chi connectivity index (χ3v) is 8.29. The van der Waals surface area contributed by atoms with Gasteiger partial charge in [-0.1, -0.05) is 42.5 Å². The zero-order valence-electron chi connectivity index (χ0n) is 22.9. The van der Waals surface area contributed by atoms with Crippen LogP contribution in [-0.4, -0.2) is 59.9 Å². The zero-order valence-corrected chi connectivity index (χ0v) is 22.9. The topological polar surface area (TPSA) is 74.9 Å². The molecule has 2 aliphatic heterocycles. The van der Waals surface area contributed by atoms with Crippen LogP contribution in [0.4, 0.5) is 4.39 Å². The van der Waals surface area contributed by atoms with E-state index in [2.05, 4.69) is 11.1 Å². The number of rotatable bonds is 7. The Morgan fingerprint density at radius 1 is 1.05 bits per heavy atom. The monoisotopic (exact) mass is 541 g/mol. The highest BCUT2D eigenvalue weighted by Gasteiger charge is 2.56. The Morgan fingerprint density at radius 2 is 1.82 bits per heavy atom. The fourth-order valence-corrected chi connectivity index (χ4v) is 6.32. The second-order valence-corrected chi connectivity index (χ2v) is 10.5. The Hall–Kier alpha value is -4.33. The molecule has 2 amide bonds. The summed E-state index contributed by atoms with van der Waals surface area (Å²) in [7, 11) is 1.62. The lowest BCUT2D eigenvalue weighted by molar-refractivity contribution is -0.166. The third-order valence-electron chi connectivity index (χ3n) is 8.29. The molecule has 0 bridgehead atoms. The molecule has 0 aliphatic carbocycles. The number of aromatic amines is 1. The molecule has 40 heavy (non-hydrogen) atoms. The van der Waals surface area contributed by atoms with Crippen molar-refractivity contribution < 1.29 is 23.5 Å². The number of fused-ring (bicyclic) bond motifs is 5. The van der Waals surface area contributed by atoms with Gasteiger partial charge in [-0.3, -0.25) is 9.59 Å². The predicted molar refractivity (Wildman–Crippen MR) is 150 cm³/mol. The van der Waals surface area contributed by atoms with E-state index in [1.807, 2.05) is 50.2 Å². The summed E-state index contributed by atoms with van der Waals surface area (Å²) < 4.78 is 25.1. The predicted octanol–water partition coefficient (Wildman–Crippen LogP) is 4.99. The van der Waals surface area contributed by atoms with Crippen molar-refractivity contribution >= 4 is 22.7 Å². The number of amides is 2. The van der Waals surface area contributed by atoms with E-state index in [4.69, 9.17) is 9.47 Å². The van der Waals surface area contributed by atoms with E-state index in [-0.39, 0.29) is 30.1 Å². The average molecular weight is 542 g/mol. The Bertz CT molecular complexity index is 1600. The number of carbonyl (C=O) groups excluding carboxylic acids is 2. The molecule has 206 valence electrons. The van der Waals surface area contributed by atoms with Crippen molar-refractivity contribution in [2.75, 3.05) is 33.4 Å². The van der Waals surface area contributed by atoms with Gasteiger partial charge in [-0.2, -0.15) is 0 Å². The Kier molecular flexibility index (Phi) is 6.49. The maximum Gasteiger partial charge on any atom is 0.254 e. The zero-order chi connectivity index (χ0) is 28.0. The van der Waals surface area contributed by atoms with E-state index in [0.29, 0.717) is 37.6 Å². The molecule has 2 atom stereocenters. The minimum Gasteiger partial charge on any atom is -0.493 e. The summed E-state index contributed by atoms with van der Waals surface area (Å²) in [6, 6.07) is 20.1. The number of nitrogens with zero attached hydrogens (tertiary/aromatic N) is 2. The normalized spacial score (nSPS) is 20.4. The SMILES string of the molecule is CCOc1c(OC)cccc1C1CN2C(=O)CN(CCc3ccc(F)cc3)C(=O)[C@]2(C)c2[nH]c3ccccc3c21. The smallest absolute Gasteiger partial charge is 0.254 e. The van der Waals surface area contributed by atoms with Gasteiger partial charge in [0.1, 0.15) is 5.82 Å². The quantitative estimate of drug-likeness (QED) is 0.358. The van der Waals surface area contributed by atoms with Crippen LogP contribution in [0.2, 0.25) is 0 Å². The van der Waals surface area contributed by atoms with Crippen LogP contribution in [-0.2, 0) is 21.5 Å². The lowest BCUT2D eigenvalue weighted by atomic mass is 9.76. The van der Waals surface area contributed by atoms with E-state index in [1.165, 1.54) is 12.1 Å². The van der Waals surface area contributed by atoms with Crippen molar-refractivity contribution in [3.05, 3.63) is 94.9 Å². The molecule has 0 radical (unpaired) electrons. The van der Waals surface area contributed by atoms with E-state index < -0.39 is 5.54 Å². The molecule has 6 rings (SSSR count). The molecule has 3 aromatic carbocycles. The van der Waals surface area contributed by atoms with Gasteiger partial charge < -0.3 is 24.3 Å². The summed E-state index contributed by atoms with van der Waals surface area (Å²) in [5.41, 5.74) is 3.24. The van der Waals surface area contributed by atoms with Gasteiger partial charge in [0, 0.05) is 35.5 Å². The number of ether oxygens (including phenoxy) is 2. The Balaban J connectivity index is 1.46. The van der Waals surface area contributed by atoms with Gasteiger partial charge in [0.15, 0.2) is 17.0 Å². The highest BCUT2D eigenvalue weighted by atomic mass is 19.1. The van der Waals surface area contributed by atoms with Gasteiger partial charge in [0.05, 0.1) is 26.0 Å². The second kappa shape index (κ2) is 10.0. The van der Waals surface area contributed by atoms with Gasteiger partial charge in [-0.25, -0.2) is 4.39 Å². The Labute approximate surface area is 232 Å². The first kappa shape index (κ1) is 25.9. The van der Waals surface area contributed by atoms with Crippen LogP contribution in [0.1, 0.15) is 42.1 Å². The summed E-state index contributed by atoms with van der Waals surface area (Å²) in [6.07, 6.45) is 0.527. The third kappa shape index (κ3) is 4.01. The maximum absolute atomic E-state index is 14.3. The standard InChI is InChI=1S/C32H32FN3O4/c1-4-40-29-22(9-7-11-26(29)39-3)24-18-36-27(37)19-35(17-16-20-12-14-21(33)15-13-20)31(38)32(36,2)30-28(24)23-8-5-6-10-25(23)34-30/h5-15,24,34H,4,16-19H2,1-3H3/t24?,32-/m0/s1. The molecule has 7 nitrogen and oxygen atoms in total. The number of methoxy groups -OCH3 is 1. The molecule has 3 heterocycles. The minimum atomic E-state index is -1.20. The highest BCUT2D eigenvalue weighted by molar-refractivity contribution is 6.01. The number of aromatic nitrogens is 1. The first-order chi connectivity index (χ1) is 19.4. The fraction of sp³-hybridized carbons (Fsp3) is 0.312. The summed E-state index contributed by atoms with van der Waals surface area (Å²) >= 11 is 0. The maximum atomic E-state index is 14.3. The van der Waals surface area contributed by atoms with Gasteiger partial charge in [0.25, 0.3) is 5.91 Å². The number of hydrogen-bond donors (Lipinski definition) is 1. The second-order valence-electron chi connectivity index (χ2n) is 10.5. The van der Waals surface area contributed by atoms with Crippen LogP contribution in [0.15, 0.2) is 66.7 Å². The molecule has 0 saturated carbocycles. The molecule has 4 aromatic rings. The molecule has 2 aliphatic rings. The largest absolute Gasteiger partial charge is 0.493 e. The molecule has 0 spiro atoms. The number of halogens is 1. The van der Waals surface area contributed by atoms with Gasteiger partial charge in [-0.05, 0) is 55.7 Å². The van der Waals surface area contributed by atoms with Crippen molar-refractivity contribution in [2.45, 2.75) is 31.7 Å². The van der Waals surface area contributed by atoms with Crippen LogP contribution in [0, 0.1) is 5.82 Å². The summed E-state index contributed by atoms with van der Waals surface area (Å²) in [5.74, 6) is 0.491. The number of H-pyrrole nitrogens is 1. The van der Waals surface area contributed by atoms with Crippen molar-refractivity contribution in [3.63, 3.8) is 0 Å². The molecule has 8 heteroatoms. The van der Waals surface area contributed by atoms with E-state index in [0.717, 1.165) is 33.3 Å². The van der Waals surface area contributed by atoms with Gasteiger partial charge >= 0.3 is 0 Å². The van der Waals surface area contributed by atoms with E-state index in [9.17, 15) is 14.0 Å². The van der Waals surface area contributed by atoms with E-state index >= 15 is 0 Å². The number of carbonyl (C=O) groups is 2. The van der Waals surface area contributed by atoms with Crippen molar-refractivity contribution in [2.24, 2.45) is 0 Å². The van der Waals surface area contributed by atoms with Crippen LogP contribution >= 0.6 is 0 Å².